The van der Waals surface area contributed by atoms with Crippen LogP contribution in [-0.2, 0) is 0 Å². The Kier molecular flexibility index (Phi) is 4.57. The van der Waals surface area contributed by atoms with Crippen molar-refractivity contribution >= 4 is 39.7 Å². The summed E-state index contributed by atoms with van der Waals surface area (Å²) in [4.78, 5) is 0. The lowest BCUT2D eigenvalue weighted by molar-refractivity contribution is 0.411. The van der Waals surface area contributed by atoms with Crippen LogP contribution in [0.2, 0.25) is 5.02 Å². The van der Waals surface area contributed by atoms with E-state index in [1.807, 2.05) is 0 Å². The van der Waals surface area contributed by atoms with E-state index in [9.17, 15) is 0 Å². The largest absolute Gasteiger partial charge is 0.495 e. The van der Waals surface area contributed by atoms with Gasteiger partial charge in [-0.2, -0.15) is 5.10 Å². The topological polar surface area (TPSA) is 86.0 Å². The number of nitrogens with two attached hydrogens (primary N) is 2. The van der Waals surface area contributed by atoms with Crippen LogP contribution in [0, 0.1) is 0 Å². The first-order valence-corrected chi connectivity index (χ1v) is 5.36. The summed E-state index contributed by atoms with van der Waals surface area (Å²) in [5.74, 6) is 0.496. The molecule has 0 spiro atoms. The summed E-state index contributed by atoms with van der Waals surface area (Å²) >= 11 is 9.21. The highest BCUT2D eigenvalue weighted by atomic mass is 79.9. The van der Waals surface area contributed by atoms with E-state index in [1.54, 1.807) is 19.2 Å². The molecule has 16 heavy (non-hydrogen) atoms. The number of methoxy groups -OCH3 is 1. The van der Waals surface area contributed by atoms with Crippen molar-refractivity contribution in [3.63, 3.8) is 0 Å². The van der Waals surface area contributed by atoms with Gasteiger partial charge in [-0.15, -0.1) is 5.10 Å². The van der Waals surface area contributed by atoms with Gasteiger partial charge in [0.15, 0.2) is 0 Å². The first kappa shape index (κ1) is 12.8. The minimum absolute atomic E-state index is 0.115. The summed E-state index contributed by atoms with van der Waals surface area (Å²) in [6.45, 7) is 0. The third kappa shape index (κ3) is 3.39. The number of halogens is 2. The molecule has 5 nitrogen and oxygen atoms in total. The van der Waals surface area contributed by atoms with Crippen LogP contribution in [0.25, 0.3) is 0 Å². The average Bonchev–Trinajstić information content (AvgIpc) is 2.16. The molecule has 0 saturated heterocycles. The Morgan fingerprint density at radius 3 is 2.75 bits per heavy atom. The maximum absolute atomic E-state index is 5.89. The summed E-state index contributed by atoms with van der Waals surface area (Å²) < 4.78 is 5.91. The highest BCUT2D eigenvalue weighted by Gasteiger charge is 2.07. The SMILES string of the molecule is COc1c(Br)cc(Cl)cc1C=NN=C(N)N. The molecule has 4 N–H and O–H groups in total. The van der Waals surface area contributed by atoms with Crippen molar-refractivity contribution in [1.29, 1.82) is 0 Å². The quantitative estimate of drug-likeness (QED) is 0.506. The summed E-state index contributed by atoms with van der Waals surface area (Å²) in [5, 5.41) is 7.72. The van der Waals surface area contributed by atoms with Crippen molar-refractivity contribution in [2.75, 3.05) is 7.11 Å². The number of hydrogen-bond donors (Lipinski definition) is 2. The second-order valence-corrected chi connectivity index (χ2v) is 4.07. The van der Waals surface area contributed by atoms with Gasteiger partial charge in [0.25, 0.3) is 0 Å². The van der Waals surface area contributed by atoms with Crippen molar-refractivity contribution in [3.8, 4) is 5.75 Å². The van der Waals surface area contributed by atoms with E-state index in [1.165, 1.54) is 6.21 Å². The van der Waals surface area contributed by atoms with Crippen LogP contribution in [0.1, 0.15) is 5.56 Å². The number of hydrogen-bond acceptors (Lipinski definition) is 3. The van der Waals surface area contributed by atoms with Crippen molar-refractivity contribution < 1.29 is 4.74 Å². The summed E-state index contributed by atoms with van der Waals surface area (Å²) in [6.07, 6.45) is 1.45. The van der Waals surface area contributed by atoms with Crippen LogP contribution in [0.5, 0.6) is 5.75 Å². The van der Waals surface area contributed by atoms with Gasteiger partial charge in [0.05, 0.1) is 17.8 Å². The molecule has 0 aliphatic heterocycles. The van der Waals surface area contributed by atoms with Crippen LogP contribution < -0.4 is 16.2 Å². The van der Waals surface area contributed by atoms with Crippen molar-refractivity contribution in [2.24, 2.45) is 21.7 Å². The monoisotopic (exact) mass is 304 g/mol. The van der Waals surface area contributed by atoms with Crippen LogP contribution >= 0.6 is 27.5 Å². The third-order valence-electron chi connectivity index (χ3n) is 1.61. The second-order valence-electron chi connectivity index (χ2n) is 2.78. The van der Waals surface area contributed by atoms with E-state index in [0.29, 0.717) is 16.3 Å². The zero-order valence-electron chi connectivity index (χ0n) is 8.45. The van der Waals surface area contributed by atoms with Gasteiger partial charge in [-0.3, -0.25) is 0 Å². The van der Waals surface area contributed by atoms with Crippen LogP contribution in [0.3, 0.4) is 0 Å². The molecular formula is C9H10BrClN4O. The van der Waals surface area contributed by atoms with Crippen LogP contribution in [0.15, 0.2) is 26.8 Å². The fraction of sp³-hybridized carbons (Fsp3) is 0.111. The summed E-state index contributed by atoms with van der Waals surface area (Å²) in [5.41, 5.74) is 10.9. The van der Waals surface area contributed by atoms with Crippen molar-refractivity contribution in [1.82, 2.24) is 0 Å². The van der Waals surface area contributed by atoms with E-state index in [-0.39, 0.29) is 5.96 Å². The molecule has 0 heterocycles. The zero-order chi connectivity index (χ0) is 12.1. The molecule has 0 atom stereocenters. The molecule has 1 aromatic carbocycles. The van der Waals surface area contributed by atoms with Gasteiger partial charge in [0, 0.05) is 10.6 Å². The Bertz CT molecular complexity index is 443. The first-order chi connectivity index (χ1) is 7.54. The van der Waals surface area contributed by atoms with E-state index < -0.39 is 0 Å². The minimum atomic E-state index is -0.115. The maximum Gasteiger partial charge on any atom is 0.211 e. The number of rotatable bonds is 3. The Morgan fingerprint density at radius 2 is 2.19 bits per heavy atom. The molecular weight excluding hydrogens is 295 g/mol. The van der Waals surface area contributed by atoms with Crippen molar-refractivity contribution in [3.05, 3.63) is 27.2 Å². The van der Waals surface area contributed by atoms with Gasteiger partial charge in [0.2, 0.25) is 5.96 Å². The Balaban J connectivity index is 3.12. The molecule has 0 aromatic heterocycles. The van der Waals surface area contributed by atoms with Crippen LogP contribution in [-0.4, -0.2) is 19.3 Å². The lowest BCUT2D eigenvalue weighted by Crippen LogP contribution is -2.21. The molecule has 86 valence electrons. The fourth-order valence-corrected chi connectivity index (χ4v) is 2.05. The normalized spacial score (nSPS) is 10.4. The average molecular weight is 306 g/mol. The van der Waals surface area contributed by atoms with Crippen LogP contribution in [0.4, 0.5) is 0 Å². The second kappa shape index (κ2) is 5.72. The number of ether oxygens (including phenoxy) is 1. The minimum Gasteiger partial charge on any atom is -0.495 e. The Labute approximate surface area is 106 Å². The van der Waals surface area contributed by atoms with Gasteiger partial charge in [-0.05, 0) is 28.1 Å². The fourth-order valence-electron chi connectivity index (χ4n) is 1.05. The number of benzene rings is 1. The molecule has 0 unspecified atom stereocenters. The van der Waals surface area contributed by atoms with Gasteiger partial charge >= 0.3 is 0 Å². The summed E-state index contributed by atoms with van der Waals surface area (Å²) in [6, 6.07) is 3.41. The number of nitrogens with zero attached hydrogens (tertiary/aromatic N) is 2. The number of guanidine groups is 1. The Morgan fingerprint density at radius 1 is 1.50 bits per heavy atom. The zero-order valence-corrected chi connectivity index (χ0v) is 10.8. The predicted octanol–water partition coefficient (Wildman–Crippen LogP) is 1.72. The maximum atomic E-state index is 5.89. The van der Waals surface area contributed by atoms with E-state index in [0.717, 1.165) is 4.47 Å². The van der Waals surface area contributed by atoms with E-state index >= 15 is 0 Å². The van der Waals surface area contributed by atoms with Crippen molar-refractivity contribution in [2.45, 2.75) is 0 Å². The predicted molar refractivity (Wildman–Crippen MR) is 69.1 cm³/mol. The Hall–Kier alpha value is -1.27. The summed E-state index contributed by atoms with van der Waals surface area (Å²) in [7, 11) is 1.55. The highest BCUT2D eigenvalue weighted by Crippen LogP contribution is 2.31. The first-order valence-electron chi connectivity index (χ1n) is 4.19. The molecule has 0 radical (unpaired) electrons. The lowest BCUT2D eigenvalue weighted by Gasteiger charge is -2.06. The molecule has 0 fully saturated rings. The molecule has 1 rings (SSSR count). The molecule has 1 aromatic rings. The molecule has 0 amide bonds. The van der Waals surface area contributed by atoms with Gasteiger partial charge in [-0.1, -0.05) is 11.6 Å². The highest BCUT2D eigenvalue weighted by molar-refractivity contribution is 9.10. The van der Waals surface area contributed by atoms with Gasteiger partial charge < -0.3 is 16.2 Å². The molecule has 7 heteroatoms. The molecule has 0 bridgehead atoms. The lowest BCUT2D eigenvalue weighted by atomic mass is 10.2. The van der Waals surface area contributed by atoms with Gasteiger partial charge in [0.1, 0.15) is 5.75 Å². The molecule has 0 saturated carbocycles. The van der Waals surface area contributed by atoms with E-state index in [2.05, 4.69) is 26.1 Å². The third-order valence-corrected chi connectivity index (χ3v) is 2.42. The molecule has 0 aliphatic carbocycles. The smallest absolute Gasteiger partial charge is 0.211 e. The standard InChI is InChI=1S/C9H10BrClN4O/c1-16-8-5(4-14-15-9(12)13)2-6(11)3-7(8)10/h2-4H,1H3,(H4,12,13,15). The van der Waals surface area contributed by atoms with Gasteiger partial charge in [-0.25, -0.2) is 0 Å². The van der Waals surface area contributed by atoms with E-state index in [4.69, 9.17) is 27.8 Å². The molecule has 0 aliphatic rings.